The lowest BCUT2D eigenvalue weighted by molar-refractivity contribution is -0.142. The first kappa shape index (κ1) is 11.0. The number of ether oxygens (including phenoxy) is 1. The van der Waals surface area contributed by atoms with Gasteiger partial charge in [0.05, 0.1) is 18.1 Å². The molecule has 0 saturated heterocycles. The summed E-state index contributed by atoms with van der Waals surface area (Å²) in [5, 5.41) is 0.576. The standard InChI is InChI=1S/C10H12ClNO2/c1-3-14-10(13)4-8-5-12-6-9(11)7(8)2/h5-6H,3-4H2,1-2H3. The van der Waals surface area contributed by atoms with Crippen molar-refractivity contribution in [3.63, 3.8) is 0 Å². The molecule has 0 aliphatic carbocycles. The van der Waals surface area contributed by atoms with Gasteiger partial charge in [0.25, 0.3) is 0 Å². The van der Waals surface area contributed by atoms with Crippen LogP contribution in [0.4, 0.5) is 0 Å². The number of carbonyl (C=O) groups is 1. The predicted octanol–water partition coefficient (Wildman–Crippen LogP) is 2.15. The minimum Gasteiger partial charge on any atom is -0.466 e. The summed E-state index contributed by atoms with van der Waals surface area (Å²) in [5.74, 6) is -0.250. The molecule has 0 atom stereocenters. The first-order valence-corrected chi connectivity index (χ1v) is 4.77. The Hall–Kier alpha value is -1.09. The highest BCUT2D eigenvalue weighted by Crippen LogP contribution is 2.17. The van der Waals surface area contributed by atoms with Gasteiger partial charge in [0, 0.05) is 12.4 Å². The third-order valence-corrected chi connectivity index (χ3v) is 2.28. The highest BCUT2D eigenvalue weighted by atomic mass is 35.5. The molecule has 0 bridgehead atoms. The zero-order valence-corrected chi connectivity index (χ0v) is 8.97. The summed E-state index contributed by atoms with van der Waals surface area (Å²) in [5.41, 5.74) is 1.70. The maximum absolute atomic E-state index is 11.2. The largest absolute Gasteiger partial charge is 0.466 e. The molecule has 14 heavy (non-hydrogen) atoms. The fourth-order valence-corrected chi connectivity index (χ4v) is 1.26. The van der Waals surface area contributed by atoms with E-state index in [1.165, 1.54) is 0 Å². The van der Waals surface area contributed by atoms with Gasteiger partial charge >= 0.3 is 5.97 Å². The second kappa shape index (κ2) is 4.96. The predicted molar refractivity (Wildman–Crippen MR) is 54.3 cm³/mol. The Kier molecular flexibility index (Phi) is 3.89. The Bertz CT molecular complexity index is 339. The second-order valence-corrected chi connectivity index (χ2v) is 3.29. The van der Waals surface area contributed by atoms with Gasteiger partial charge in [-0.25, -0.2) is 0 Å². The summed E-state index contributed by atoms with van der Waals surface area (Å²) in [6.07, 6.45) is 3.43. The fraction of sp³-hybridized carbons (Fsp3) is 0.400. The maximum Gasteiger partial charge on any atom is 0.310 e. The molecule has 0 fully saturated rings. The molecule has 76 valence electrons. The Morgan fingerprint density at radius 3 is 2.93 bits per heavy atom. The van der Waals surface area contributed by atoms with E-state index in [1.54, 1.807) is 19.3 Å². The summed E-state index contributed by atoms with van der Waals surface area (Å²) >= 11 is 5.86. The van der Waals surface area contributed by atoms with Crippen molar-refractivity contribution in [1.82, 2.24) is 4.98 Å². The molecule has 0 unspecified atom stereocenters. The average Bonchev–Trinajstić information content (AvgIpc) is 2.13. The molecular formula is C10H12ClNO2. The maximum atomic E-state index is 11.2. The van der Waals surface area contributed by atoms with Crippen LogP contribution in [-0.2, 0) is 16.0 Å². The molecule has 0 radical (unpaired) electrons. The van der Waals surface area contributed by atoms with Gasteiger partial charge in [-0.3, -0.25) is 9.78 Å². The van der Waals surface area contributed by atoms with Crippen molar-refractivity contribution in [3.05, 3.63) is 28.5 Å². The lowest BCUT2D eigenvalue weighted by Crippen LogP contribution is -2.08. The van der Waals surface area contributed by atoms with Gasteiger partial charge in [0.1, 0.15) is 0 Å². The van der Waals surface area contributed by atoms with E-state index in [0.717, 1.165) is 11.1 Å². The summed E-state index contributed by atoms with van der Waals surface area (Å²) in [4.78, 5) is 15.1. The lowest BCUT2D eigenvalue weighted by Gasteiger charge is -2.05. The summed E-state index contributed by atoms with van der Waals surface area (Å²) < 4.78 is 4.83. The molecular weight excluding hydrogens is 202 g/mol. The number of carbonyl (C=O) groups excluding carboxylic acids is 1. The van der Waals surface area contributed by atoms with E-state index < -0.39 is 0 Å². The molecule has 1 rings (SSSR count). The van der Waals surface area contributed by atoms with Gasteiger partial charge in [0.15, 0.2) is 0 Å². The van der Waals surface area contributed by atoms with E-state index >= 15 is 0 Å². The van der Waals surface area contributed by atoms with Crippen LogP contribution in [0.3, 0.4) is 0 Å². The fourth-order valence-electron chi connectivity index (χ4n) is 1.09. The zero-order valence-electron chi connectivity index (χ0n) is 8.21. The molecule has 0 saturated carbocycles. The van der Waals surface area contributed by atoms with Crippen LogP contribution in [0.25, 0.3) is 0 Å². The average molecular weight is 214 g/mol. The van der Waals surface area contributed by atoms with Gasteiger partial charge in [0.2, 0.25) is 0 Å². The van der Waals surface area contributed by atoms with Crippen LogP contribution in [0.2, 0.25) is 5.02 Å². The second-order valence-electron chi connectivity index (χ2n) is 2.89. The summed E-state index contributed by atoms with van der Waals surface area (Å²) in [6, 6.07) is 0. The van der Waals surface area contributed by atoms with E-state index in [9.17, 15) is 4.79 Å². The SMILES string of the molecule is CCOC(=O)Cc1cncc(Cl)c1C. The highest BCUT2D eigenvalue weighted by Gasteiger charge is 2.08. The van der Waals surface area contributed by atoms with Crippen LogP contribution >= 0.6 is 11.6 Å². The molecule has 0 aliphatic rings. The smallest absolute Gasteiger partial charge is 0.310 e. The minimum absolute atomic E-state index is 0.229. The molecule has 0 aromatic carbocycles. The Balaban J connectivity index is 2.76. The number of hydrogen-bond donors (Lipinski definition) is 0. The lowest BCUT2D eigenvalue weighted by atomic mass is 10.1. The van der Waals surface area contributed by atoms with Gasteiger partial charge in [-0.1, -0.05) is 11.6 Å². The van der Waals surface area contributed by atoms with Gasteiger partial charge in [-0.2, -0.15) is 0 Å². The molecule has 0 aliphatic heterocycles. The summed E-state index contributed by atoms with van der Waals surface area (Å²) in [7, 11) is 0. The summed E-state index contributed by atoms with van der Waals surface area (Å²) in [6.45, 7) is 4.03. The van der Waals surface area contributed by atoms with Gasteiger partial charge in [-0.15, -0.1) is 0 Å². The molecule has 1 aromatic rings. The number of nitrogens with zero attached hydrogens (tertiary/aromatic N) is 1. The Morgan fingerprint density at radius 2 is 2.29 bits per heavy atom. The number of esters is 1. The normalized spacial score (nSPS) is 9.93. The molecule has 1 heterocycles. The van der Waals surface area contributed by atoms with Crippen LogP contribution in [0, 0.1) is 6.92 Å². The number of aromatic nitrogens is 1. The van der Waals surface area contributed by atoms with Crippen LogP contribution in [0.1, 0.15) is 18.1 Å². The monoisotopic (exact) mass is 213 g/mol. The molecule has 0 spiro atoms. The van der Waals surface area contributed by atoms with Crippen LogP contribution in [-0.4, -0.2) is 17.6 Å². The zero-order chi connectivity index (χ0) is 10.6. The number of hydrogen-bond acceptors (Lipinski definition) is 3. The van der Waals surface area contributed by atoms with E-state index in [1.807, 2.05) is 6.92 Å². The van der Waals surface area contributed by atoms with Crippen molar-refractivity contribution in [2.45, 2.75) is 20.3 Å². The highest BCUT2D eigenvalue weighted by molar-refractivity contribution is 6.31. The third kappa shape index (κ3) is 2.70. The molecule has 4 heteroatoms. The van der Waals surface area contributed by atoms with Crippen molar-refractivity contribution in [2.75, 3.05) is 6.61 Å². The van der Waals surface area contributed by atoms with E-state index in [0.29, 0.717) is 11.6 Å². The van der Waals surface area contributed by atoms with Crippen molar-refractivity contribution < 1.29 is 9.53 Å². The van der Waals surface area contributed by atoms with E-state index in [4.69, 9.17) is 16.3 Å². The molecule has 1 aromatic heterocycles. The molecule has 0 N–H and O–H groups in total. The minimum atomic E-state index is -0.250. The molecule has 0 amide bonds. The number of halogens is 1. The van der Waals surface area contributed by atoms with E-state index in [-0.39, 0.29) is 12.4 Å². The first-order chi connectivity index (χ1) is 6.65. The van der Waals surface area contributed by atoms with Gasteiger partial charge in [-0.05, 0) is 25.0 Å². The van der Waals surface area contributed by atoms with Crippen molar-refractivity contribution >= 4 is 17.6 Å². The number of pyridine rings is 1. The molecule has 3 nitrogen and oxygen atoms in total. The Morgan fingerprint density at radius 1 is 1.57 bits per heavy atom. The quantitative estimate of drug-likeness (QED) is 0.723. The van der Waals surface area contributed by atoms with Crippen LogP contribution in [0.15, 0.2) is 12.4 Å². The van der Waals surface area contributed by atoms with Crippen LogP contribution in [0.5, 0.6) is 0 Å². The van der Waals surface area contributed by atoms with Crippen molar-refractivity contribution in [2.24, 2.45) is 0 Å². The third-order valence-electron chi connectivity index (χ3n) is 1.90. The van der Waals surface area contributed by atoms with Gasteiger partial charge < -0.3 is 4.74 Å². The van der Waals surface area contributed by atoms with Crippen molar-refractivity contribution in [3.8, 4) is 0 Å². The topological polar surface area (TPSA) is 39.2 Å². The Labute approximate surface area is 88.1 Å². The number of rotatable bonds is 3. The van der Waals surface area contributed by atoms with Crippen LogP contribution < -0.4 is 0 Å². The first-order valence-electron chi connectivity index (χ1n) is 4.39. The van der Waals surface area contributed by atoms with Crippen molar-refractivity contribution in [1.29, 1.82) is 0 Å². The van der Waals surface area contributed by atoms with E-state index in [2.05, 4.69) is 4.98 Å².